The van der Waals surface area contributed by atoms with Crippen molar-refractivity contribution in [2.75, 3.05) is 18.0 Å². The molecule has 1 aliphatic heterocycles. The average Bonchev–Trinajstić information content (AvgIpc) is 2.77. The summed E-state index contributed by atoms with van der Waals surface area (Å²) >= 11 is 0. The van der Waals surface area contributed by atoms with Gasteiger partial charge in [0.05, 0.1) is 0 Å². The molecule has 0 saturated heterocycles. The number of rotatable bonds is 6. The normalized spacial score (nSPS) is 13.1. The first-order valence-corrected chi connectivity index (χ1v) is 9.81. The molecule has 0 fully saturated rings. The molecule has 0 atom stereocenters. The van der Waals surface area contributed by atoms with Gasteiger partial charge in [0.25, 0.3) is 5.91 Å². The Balaban J connectivity index is 1.39. The van der Waals surface area contributed by atoms with Crippen molar-refractivity contribution in [3.8, 4) is 0 Å². The van der Waals surface area contributed by atoms with Crippen molar-refractivity contribution in [1.82, 2.24) is 15.3 Å². The number of benzene rings is 2. The molecule has 2 aromatic carbocycles. The van der Waals surface area contributed by atoms with Gasteiger partial charge in [-0.05, 0) is 42.9 Å². The van der Waals surface area contributed by atoms with Crippen LogP contribution in [-0.2, 0) is 12.8 Å². The van der Waals surface area contributed by atoms with Gasteiger partial charge >= 0.3 is 0 Å². The molecule has 28 heavy (non-hydrogen) atoms. The van der Waals surface area contributed by atoms with Crippen LogP contribution >= 0.6 is 0 Å². The minimum atomic E-state index is -0.151. The Labute approximate surface area is 165 Å². The largest absolute Gasteiger partial charge is 0.351 e. The number of nitrogens with zero attached hydrogens (tertiary/aromatic N) is 3. The first kappa shape index (κ1) is 18.2. The maximum atomic E-state index is 12.5. The van der Waals surface area contributed by atoms with Gasteiger partial charge in [-0.25, -0.2) is 9.97 Å². The van der Waals surface area contributed by atoms with Crippen molar-refractivity contribution in [3.63, 3.8) is 0 Å². The van der Waals surface area contributed by atoms with E-state index in [1.807, 2.05) is 24.3 Å². The van der Waals surface area contributed by atoms with Gasteiger partial charge in [0, 0.05) is 24.8 Å². The van der Waals surface area contributed by atoms with Crippen LogP contribution in [0.15, 0.2) is 67.0 Å². The second-order valence-corrected chi connectivity index (χ2v) is 6.99. The summed E-state index contributed by atoms with van der Waals surface area (Å²) < 4.78 is 0. The van der Waals surface area contributed by atoms with E-state index in [2.05, 4.69) is 50.5 Å². The van der Waals surface area contributed by atoms with Gasteiger partial charge < -0.3 is 10.2 Å². The Morgan fingerprint density at radius 3 is 2.75 bits per heavy atom. The third-order valence-corrected chi connectivity index (χ3v) is 5.04. The second kappa shape index (κ2) is 8.65. The van der Waals surface area contributed by atoms with E-state index < -0.39 is 0 Å². The first-order chi connectivity index (χ1) is 13.8. The molecule has 5 nitrogen and oxygen atoms in total. The van der Waals surface area contributed by atoms with Crippen LogP contribution in [0.3, 0.4) is 0 Å². The van der Waals surface area contributed by atoms with Crippen molar-refractivity contribution in [2.45, 2.75) is 25.7 Å². The van der Waals surface area contributed by atoms with E-state index in [1.165, 1.54) is 23.1 Å². The van der Waals surface area contributed by atoms with E-state index in [4.69, 9.17) is 0 Å². The molecule has 2 heterocycles. The zero-order chi connectivity index (χ0) is 19.2. The summed E-state index contributed by atoms with van der Waals surface area (Å²) in [7, 11) is 0. The highest BCUT2D eigenvalue weighted by molar-refractivity contribution is 5.93. The Bertz CT molecular complexity index is 942. The zero-order valence-electron chi connectivity index (χ0n) is 15.8. The first-order valence-electron chi connectivity index (χ1n) is 9.81. The van der Waals surface area contributed by atoms with E-state index in [0.29, 0.717) is 12.2 Å². The van der Waals surface area contributed by atoms with Crippen LogP contribution in [0.2, 0.25) is 0 Å². The second-order valence-electron chi connectivity index (χ2n) is 6.99. The number of carbonyl (C=O) groups is 1. The minimum absolute atomic E-state index is 0.151. The van der Waals surface area contributed by atoms with Gasteiger partial charge in [-0.15, -0.1) is 0 Å². The number of carbonyl (C=O) groups excluding carboxylic acids is 1. The number of aryl methyl sites for hydroxylation is 2. The van der Waals surface area contributed by atoms with Crippen LogP contribution in [0, 0.1) is 0 Å². The predicted octanol–water partition coefficient (Wildman–Crippen LogP) is 3.92. The molecule has 1 amide bonds. The molecule has 0 radical (unpaired) electrons. The molecule has 0 saturated carbocycles. The van der Waals surface area contributed by atoms with Crippen molar-refractivity contribution in [3.05, 3.63) is 83.8 Å². The van der Waals surface area contributed by atoms with Crippen LogP contribution in [0.4, 0.5) is 11.5 Å². The summed E-state index contributed by atoms with van der Waals surface area (Å²) in [5.41, 5.74) is 4.18. The molecule has 0 unspecified atom stereocenters. The lowest BCUT2D eigenvalue weighted by molar-refractivity contribution is 0.0948. The van der Waals surface area contributed by atoms with E-state index in [-0.39, 0.29) is 5.91 Å². The molecule has 0 aliphatic carbocycles. The Hall–Kier alpha value is -3.21. The summed E-state index contributed by atoms with van der Waals surface area (Å²) in [4.78, 5) is 23.3. The maximum absolute atomic E-state index is 12.5. The third-order valence-electron chi connectivity index (χ3n) is 5.04. The molecular weight excluding hydrogens is 348 g/mol. The third kappa shape index (κ3) is 4.19. The Kier molecular flexibility index (Phi) is 5.61. The summed E-state index contributed by atoms with van der Waals surface area (Å²) in [6.45, 7) is 1.52. The van der Waals surface area contributed by atoms with E-state index >= 15 is 0 Å². The summed E-state index contributed by atoms with van der Waals surface area (Å²) in [6.07, 6.45) is 5.47. The molecular formula is C23H24N4O. The monoisotopic (exact) mass is 372 g/mol. The fraction of sp³-hybridized carbons (Fsp3) is 0.261. The smallest absolute Gasteiger partial charge is 0.270 e. The number of para-hydroxylation sites is 1. The molecule has 1 aliphatic rings. The molecule has 142 valence electrons. The number of anilines is 2. The van der Waals surface area contributed by atoms with Gasteiger partial charge in [-0.2, -0.15) is 0 Å². The topological polar surface area (TPSA) is 58.1 Å². The van der Waals surface area contributed by atoms with Crippen LogP contribution in [0.1, 0.15) is 34.5 Å². The summed E-state index contributed by atoms with van der Waals surface area (Å²) in [6, 6.07) is 20.5. The van der Waals surface area contributed by atoms with Crippen LogP contribution in [0.25, 0.3) is 0 Å². The van der Waals surface area contributed by atoms with Gasteiger partial charge in [0.15, 0.2) is 0 Å². The molecule has 3 aromatic rings. The van der Waals surface area contributed by atoms with Crippen LogP contribution < -0.4 is 10.2 Å². The SMILES string of the molecule is O=C(NCCCc1ccccc1)c1cc(N2CCCc3ccccc32)ncn1. The summed E-state index contributed by atoms with van der Waals surface area (Å²) in [5.74, 6) is 0.624. The van der Waals surface area contributed by atoms with E-state index in [1.54, 1.807) is 6.07 Å². The predicted molar refractivity (Wildman–Crippen MR) is 111 cm³/mol. The van der Waals surface area contributed by atoms with Crippen molar-refractivity contribution < 1.29 is 4.79 Å². The number of hydrogen-bond donors (Lipinski definition) is 1. The van der Waals surface area contributed by atoms with Crippen molar-refractivity contribution in [2.24, 2.45) is 0 Å². The maximum Gasteiger partial charge on any atom is 0.270 e. The Morgan fingerprint density at radius 1 is 1.04 bits per heavy atom. The lowest BCUT2D eigenvalue weighted by Crippen LogP contribution is -2.28. The number of amides is 1. The summed E-state index contributed by atoms with van der Waals surface area (Å²) in [5, 5.41) is 2.97. The average molecular weight is 372 g/mol. The quantitative estimate of drug-likeness (QED) is 0.666. The molecule has 0 bridgehead atoms. The van der Waals surface area contributed by atoms with Gasteiger partial charge in [-0.3, -0.25) is 4.79 Å². The van der Waals surface area contributed by atoms with Crippen LogP contribution in [-0.4, -0.2) is 29.0 Å². The fourth-order valence-electron chi connectivity index (χ4n) is 3.62. The zero-order valence-corrected chi connectivity index (χ0v) is 15.8. The van der Waals surface area contributed by atoms with E-state index in [0.717, 1.165) is 38.0 Å². The molecule has 1 aromatic heterocycles. The standard InChI is InChI=1S/C23H24N4O/c28-23(24-14-6-10-18-8-2-1-3-9-18)20-16-22(26-17-25-20)27-15-7-12-19-11-4-5-13-21(19)27/h1-5,8-9,11,13,16-17H,6-7,10,12,14-15H2,(H,24,28). The highest BCUT2D eigenvalue weighted by Gasteiger charge is 2.20. The molecule has 5 heteroatoms. The van der Waals surface area contributed by atoms with Gasteiger partial charge in [0.1, 0.15) is 17.8 Å². The number of aromatic nitrogens is 2. The number of fused-ring (bicyclic) bond motifs is 1. The number of hydrogen-bond acceptors (Lipinski definition) is 4. The minimum Gasteiger partial charge on any atom is -0.351 e. The highest BCUT2D eigenvalue weighted by atomic mass is 16.1. The molecule has 0 spiro atoms. The van der Waals surface area contributed by atoms with Crippen molar-refractivity contribution in [1.29, 1.82) is 0 Å². The lowest BCUT2D eigenvalue weighted by atomic mass is 10.0. The van der Waals surface area contributed by atoms with Crippen LogP contribution in [0.5, 0.6) is 0 Å². The molecule has 4 rings (SSSR count). The number of nitrogens with one attached hydrogen (secondary N) is 1. The fourth-order valence-corrected chi connectivity index (χ4v) is 3.62. The Morgan fingerprint density at radius 2 is 1.86 bits per heavy atom. The van der Waals surface area contributed by atoms with Gasteiger partial charge in [0.2, 0.25) is 0 Å². The highest BCUT2D eigenvalue weighted by Crippen LogP contribution is 2.32. The lowest BCUT2D eigenvalue weighted by Gasteiger charge is -2.30. The van der Waals surface area contributed by atoms with Gasteiger partial charge in [-0.1, -0.05) is 48.5 Å². The van der Waals surface area contributed by atoms with Crippen molar-refractivity contribution >= 4 is 17.4 Å². The van der Waals surface area contributed by atoms with E-state index in [9.17, 15) is 4.79 Å². The molecule has 1 N–H and O–H groups in total.